The van der Waals surface area contributed by atoms with Crippen molar-refractivity contribution in [2.24, 2.45) is 5.92 Å². The maximum Gasteiger partial charge on any atom is 0.320 e. The second-order valence-electron chi connectivity index (χ2n) is 3.66. The van der Waals surface area contributed by atoms with Crippen molar-refractivity contribution >= 4 is 21.9 Å². The van der Waals surface area contributed by atoms with Crippen molar-refractivity contribution in [3.05, 3.63) is 0 Å². The molecular weight excluding hydrogens is 246 g/mol. The van der Waals surface area contributed by atoms with Gasteiger partial charge in [-0.25, -0.2) is 0 Å². The summed E-state index contributed by atoms with van der Waals surface area (Å²) < 4.78 is 4.61. The van der Waals surface area contributed by atoms with Crippen molar-refractivity contribution in [3.8, 4) is 0 Å². The number of hydrogen-bond acceptors (Lipinski definition) is 3. The summed E-state index contributed by atoms with van der Waals surface area (Å²) in [6.45, 7) is 7.09. The highest BCUT2D eigenvalue weighted by atomic mass is 79.9. The first-order valence-electron chi connectivity index (χ1n) is 4.98. The second kappa shape index (κ2) is 7.23. The van der Waals surface area contributed by atoms with E-state index in [4.69, 9.17) is 0 Å². The number of rotatable bonds is 6. The van der Waals surface area contributed by atoms with E-state index in [0.29, 0.717) is 18.5 Å². The number of methoxy groups -OCH3 is 1. The lowest BCUT2D eigenvalue weighted by Gasteiger charge is -2.21. The summed E-state index contributed by atoms with van der Waals surface area (Å²) in [5.74, 6) is 0.355. The van der Waals surface area contributed by atoms with Gasteiger partial charge < -0.3 is 10.1 Å². The van der Waals surface area contributed by atoms with E-state index in [1.807, 2.05) is 0 Å². The van der Waals surface area contributed by atoms with E-state index < -0.39 is 0 Å². The molecule has 14 heavy (non-hydrogen) atoms. The van der Waals surface area contributed by atoms with Gasteiger partial charge in [-0.3, -0.25) is 4.79 Å². The average molecular weight is 266 g/mol. The lowest BCUT2D eigenvalue weighted by atomic mass is 10.0. The highest BCUT2D eigenvalue weighted by Gasteiger charge is 2.17. The summed E-state index contributed by atoms with van der Waals surface area (Å²) >= 11 is 3.27. The van der Waals surface area contributed by atoms with Crippen LogP contribution < -0.4 is 5.32 Å². The van der Waals surface area contributed by atoms with Crippen LogP contribution in [0.25, 0.3) is 0 Å². The van der Waals surface area contributed by atoms with Crippen LogP contribution in [0.5, 0.6) is 0 Å². The molecule has 0 amide bonds. The third kappa shape index (κ3) is 4.96. The highest BCUT2D eigenvalue weighted by Crippen LogP contribution is 2.07. The molecule has 0 aliphatic heterocycles. The predicted octanol–water partition coefficient (Wildman–Crippen LogP) is 1.95. The first-order chi connectivity index (χ1) is 6.52. The van der Waals surface area contributed by atoms with Gasteiger partial charge in [0, 0.05) is 12.6 Å². The molecule has 0 radical (unpaired) electrons. The van der Waals surface area contributed by atoms with E-state index in [2.05, 4.69) is 46.8 Å². The maximum absolute atomic E-state index is 11.1. The Kier molecular flexibility index (Phi) is 7.19. The van der Waals surface area contributed by atoms with Crippen molar-refractivity contribution in [3.63, 3.8) is 0 Å². The molecule has 0 aliphatic rings. The van der Waals surface area contributed by atoms with Gasteiger partial charge in [0.25, 0.3) is 0 Å². The number of alkyl halides is 1. The topological polar surface area (TPSA) is 38.3 Å². The summed E-state index contributed by atoms with van der Waals surface area (Å²) in [5.41, 5.74) is 0. The van der Waals surface area contributed by atoms with Crippen LogP contribution in [-0.4, -0.2) is 30.5 Å². The fourth-order valence-corrected chi connectivity index (χ4v) is 1.69. The zero-order valence-electron chi connectivity index (χ0n) is 9.34. The minimum atomic E-state index is -0.250. The normalized spacial score (nSPS) is 15.3. The van der Waals surface area contributed by atoms with E-state index in [1.165, 1.54) is 7.11 Å². The smallest absolute Gasteiger partial charge is 0.320 e. The van der Waals surface area contributed by atoms with E-state index in [9.17, 15) is 4.79 Å². The Labute approximate surface area is 94.7 Å². The Bertz CT molecular complexity index is 174. The van der Waals surface area contributed by atoms with Gasteiger partial charge in [-0.15, -0.1) is 0 Å². The zero-order chi connectivity index (χ0) is 11.1. The third-order valence-electron chi connectivity index (χ3n) is 2.26. The van der Waals surface area contributed by atoms with Gasteiger partial charge in [0.05, 0.1) is 7.11 Å². The van der Waals surface area contributed by atoms with Crippen LogP contribution in [0, 0.1) is 5.92 Å². The highest BCUT2D eigenvalue weighted by molar-refractivity contribution is 9.10. The number of hydrogen-bond donors (Lipinski definition) is 1. The van der Waals surface area contributed by atoms with Gasteiger partial charge in [-0.05, 0) is 12.3 Å². The number of nitrogens with one attached hydrogen (secondary N) is 1. The fraction of sp³-hybridized carbons (Fsp3) is 0.900. The SMILES string of the molecule is CCC(NCC(Br)C(=O)OC)C(C)C. The van der Waals surface area contributed by atoms with Crippen LogP contribution in [0.2, 0.25) is 0 Å². The first kappa shape index (κ1) is 13.9. The zero-order valence-corrected chi connectivity index (χ0v) is 10.9. The largest absolute Gasteiger partial charge is 0.468 e. The summed E-state index contributed by atoms with van der Waals surface area (Å²) in [6.07, 6.45) is 1.07. The molecule has 0 spiro atoms. The molecule has 0 bridgehead atoms. The van der Waals surface area contributed by atoms with Gasteiger partial charge in [-0.1, -0.05) is 36.7 Å². The fourth-order valence-electron chi connectivity index (χ4n) is 1.32. The monoisotopic (exact) mass is 265 g/mol. The Morgan fingerprint density at radius 3 is 2.43 bits per heavy atom. The molecule has 84 valence electrons. The van der Waals surface area contributed by atoms with Crippen LogP contribution in [0.3, 0.4) is 0 Å². The van der Waals surface area contributed by atoms with Crippen molar-refractivity contribution in [1.29, 1.82) is 0 Å². The van der Waals surface area contributed by atoms with Gasteiger partial charge >= 0.3 is 5.97 Å². The van der Waals surface area contributed by atoms with Crippen LogP contribution in [0.4, 0.5) is 0 Å². The molecule has 2 atom stereocenters. The molecule has 2 unspecified atom stereocenters. The molecule has 1 N–H and O–H groups in total. The Balaban J connectivity index is 3.85. The summed E-state index contributed by atoms with van der Waals surface area (Å²) in [7, 11) is 1.40. The molecule has 0 saturated heterocycles. The Morgan fingerprint density at radius 1 is 1.50 bits per heavy atom. The van der Waals surface area contributed by atoms with E-state index in [-0.39, 0.29) is 10.8 Å². The number of ether oxygens (including phenoxy) is 1. The molecule has 0 aromatic carbocycles. The van der Waals surface area contributed by atoms with Crippen molar-refractivity contribution in [2.45, 2.75) is 38.1 Å². The molecule has 0 rings (SSSR count). The molecule has 0 aliphatic carbocycles. The average Bonchev–Trinajstić information content (AvgIpc) is 2.16. The molecule has 0 aromatic rings. The molecular formula is C10H20BrNO2. The van der Waals surface area contributed by atoms with E-state index in [0.717, 1.165) is 6.42 Å². The first-order valence-corrected chi connectivity index (χ1v) is 5.89. The summed E-state index contributed by atoms with van der Waals surface area (Å²) in [4.78, 5) is 10.8. The Morgan fingerprint density at radius 2 is 2.07 bits per heavy atom. The molecule has 0 saturated carbocycles. The standard InChI is InChI=1S/C10H20BrNO2/c1-5-9(7(2)3)12-6-8(11)10(13)14-4/h7-9,12H,5-6H2,1-4H3. The van der Waals surface area contributed by atoms with Gasteiger partial charge in [0.15, 0.2) is 0 Å². The lowest BCUT2D eigenvalue weighted by molar-refractivity contribution is -0.139. The molecule has 3 nitrogen and oxygen atoms in total. The van der Waals surface area contributed by atoms with Crippen LogP contribution in [-0.2, 0) is 9.53 Å². The minimum Gasteiger partial charge on any atom is -0.468 e. The van der Waals surface area contributed by atoms with Crippen molar-refractivity contribution < 1.29 is 9.53 Å². The summed E-state index contributed by atoms with van der Waals surface area (Å²) in [5, 5.41) is 3.34. The van der Waals surface area contributed by atoms with Crippen molar-refractivity contribution in [2.75, 3.05) is 13.7 Å². The van der Waals surface area contributed by atoms with Gasteiger partial charge in [0.1, 0.15) is 4.83 Å². The minimum absolute atomic E-state index is 0.226. The lowest BCUT2D eigenvalue weighted by Crippen LogP contribution is -2.39. The second-order valence-corrected chi connectivity index (χ2v) is 4.76. The maximum atomic E-state index is 11.1. The molecule has 0 heterocycles. The number of carbonyl (C=O) groups excluding carboxylic acids is 1. The number of carbonyl (C=O) groups is 1. The Hall–Kier alpha value is -0.0900. The van der Waals surface area contributed by atoms with Crippen molar-refractivity contribution in [1.82, 2.24) is 5.32 Å². The quantitative estimate of drug-likeness (QED) is 0.590. The van der Waals surface area contributed by atoms with Gasteiger partial charge in [-0.2, -0.15) is 0 Å². The van der Waals surface area contributed by atoms with Crippen LogP contribution in [0.15, 0.2) is 0 Å². The molecule has 0 fully saturated rings. The molecule has 0 aromatic heterocycles. The van der Waals surface area contributed by atoms with E-state index >= 15 is 0 Å². The van der Waals surface area contributed by atoms with Gasteiger partial charge in [0.2, 0.25) is 0 Å². The van der Waals surface area contributed by atoms with Crippen LogP contribution >= 0.6 is 15.9 Å². The predicted molar refractivity (Wildman–Crippen MR) is 61.7 cm³/mol. The molecule has 4 heteroatoms. The third-order valence-corrected chi connectivity index (χ3v) is 2.96. The number of halogens is 1. The van der Waals surface area contributed by atoms with E-state index in [1.54, 1.807) is 0 Å². The number of esters is 1. The summed E-state index contributed by atoms with van der Waals surface area (Å²) in [6, 6.07) is 0.458. The van der Waals surface area contributed by atoms with Crippen LogP contribution in [0.1, 0.15) is 27.2 Å².